The Morgan fingerprint density at radius 3 is 2.68 bits per heavy atom. The summed E-state index contributed by atoms with van der Waals surface area (Å²) in [5.74, 6) is 0.626. The number of para-hydroxylation sites is 1. The molecule has 0 unspecified atom stereocenters. The van der Waals surface area contributed by atoms with Crippen molar-refractivity contribution < 1.29 is 13.2 Å². The topological polar surface area (TPSA) is 54.5 Å². The maximum Gasteiger partial charge on any atom is 0.238 e. The number of nitrogens with zero attached hydrogens (tertiary/aromatic N) is 1. The zero-order chi connectivity index (χ0) is 13.7. The fourth-order valence-electron chi connectivity index (χ4n) is 2.81. The van der Waals surface area contributed by atoms with Crippen molar-refractivity contribution in [1.82, 2.24) is 0 Å². The van der Waals surface area contributed by atoms with Gasteiger partial charge in [-0.25, -0.2) is 8.42 Å². The Morgan fingerprint density at radius 1 is 1.32 bits per heavy atom. The van der Waals surface area contributed by atoms with Crippen LogP contribution in [0.25, 0.3) is 0 Å². The molecule has 4 nitrogen and oxygen atoms in total. The van der Waals surface area contributed by atoms with Gasteiger partial charge in [-0.05, 0) is 25.0 Å². The molecule has 3 rings (SSSR count). The van der Waals surface area contributed by atoms with Crippen LogP contribution in [0.4, 0.5) is 5.69 Å². The summed E-state index contributed by atoms with van der Waals surface area (Å²) in [6.07, 6.45) is 0.528. The first-order valence-corrected chi connectivity index (χ1v) is 8.97. The number of amides is 1. The lowest BCUT2D eigenvalue weighted by atomic mass is 10.1. The van der Waals surface area contributed by atoms with Gasteiger partial charge in [0.25, 0.3) is 0 Å². The molecule has 2 aliphatic heterocycles. The molecule has 19 heavy (non-hydrogen) atoms. The van der Waals surface area contributed by atoms with Crippen molar-refractivity contribution in [3.05, 3.63) is 29.8 Å². The Bertz CT molecular complexity index is 641. The van der Waals surface area contributed by atoms with Gasteiger partial charge in [0.1, 0.15) is 4.87 Å². The number of thioether (sulfide) groups is 1. The highest BCUT2D eigenvalue weighted by Crippen LogP contribution is 2.47. The number of benzene rings is 1. The molecule has 1 amide bonds. The van der Waals surface area contributed by atoms with Crippen molar-refractivity contribution >= 4 is 33.2 Å². The van der Waals surface area contributed by atoms with Crippen LogP contribution >= 0.6 is 11.8 Å². The van der Waals surface area contributed by atoms with E-state index in [2.05, 4.69) is 0 Å². The van der Waals surface area contributed by atoms with Crippen LogP contribution in [0.1, 0.15) is 12.0 Å². The van der Waals surface area contributed by atoms with E-state index < -0.39 is 14.7 Å². The van der Waals surface area contributed by atoms with Crippen molar-refractivity contribution in [2.45, 2.75) is 18.2 Å². The number of hydrogen-bond acceptors (Lipinski definition) is 4. The summed E-state index contributed by atoms with van der Waals surface area (Å²) in [6, 6.07) is 7.65. The predicted molar refractivity (Wildman–Crippen MR) is 77.1 cm³/mol. The smallest absolute Gasteiger partial charge is 0.238 e. The minimum atomic E-state index is -3.03. The molecule has 1 aromatic rings. The molecule has 2 aliphatic rings. The second kappa shape index (κ2) is 4.24. The van der Waals surface area contributed by atoms with E-state index in [0.29, 0.717) is 12.2 Å². The van der Waals surface area contributed by atoms with Crippen molar-refractivity contribution in [2.24, 2.45) is 0 Å². The number of sulfone groups is 1. The van der Waals surface area contributed by atoms with Gasteiger partial charge in [-0.1, -0.05) is 18.2 Å². The number of anilines is 1. The van der Waals surface area contributed by atoms with Gasteiger partial charge in [0.15, 0.2) is 9.84 Å². The van der Waals surface area contributed by atoms with Crippen LogP contribution < -0.4 is 4.90 Å². The Balaban J connectivity index is 2.08. The maximum atomic E-state index is 12.2. The summed E-state index contributed by atoms with van der Waals surface area (Å²) in [5, 5.41) is 0. The molecule has 0 radical (unpaired) electrons. The van der Waals surface area contributed by atoms with Crippen LogP contribution in [0.3, 0.4) is 0 Å². The second-order valence-electron chi connectivity index (χ2n) is 5.09. The van der Waals surface area contributed by atoms with Gasteiger partial charge in [0.05, 0.1) is 17.3 Å². The molecule has 2 saturated heterocycles. The Morgan fingerprint density at radius 2 is 2.05 bits per heavy atom. The highest BCUT2D eigenvalue weighted by atomic mass is 32.2. The molecule has 2 fully saturated rings. The lowest BCUT2D eigenvalue weighted by Gasteiger charge is -2.33. The summed E-state index contributed by atoms with van der Waals surface area (Å²) >= 11 is 1.47. The zero-order valence-electron chi connectivity index (χ0n) is 10.6. The molecule has 1 spiro atoms. The van der Waals surface area contributed by atoms with Crippen molar-refractivity contribution in [1.29, 1.82) is 0 Å². The highest BCUT2D eigenvalue weighted by Gasteiger charge is 2.53. The van der Waals surface area contributed by atoms with Crippen LogP contribution in [-0.4, -0.2) is 36.5 Å². The zero-order valence-corrected chi connectivity index (χ0v) is 12.3. The molecule has 6 heteroatoms. The average molecular weight is 297 g/mol. The van der Waals surface area contributed by atoms with E-state index in [4.69, 9.17) is 0 Å². The fraction of sp³-hybridized carbons (Fsp3) is 0.462. The summed E-state index contributed by atoms with van der Waals surface area (Å²) in [6.45, 7) is 1.95. The molecule has 0 bridgehead atoms. The van der Waals surface area contributed by atoms with Gasteiger partial charge in [0, 0.05) is 5.69 Å². The molecular weight excluding hydrogens is 282 g/mol. The van der Waals surface area contributed by atoms with Crippen LogP contribution in [0, 0.1) is 6.92 Å². The summed E-state index contributed by atoms with van der Waals surface area (Å²) in [5.41, 5.74) is 1.84. The number of rotatable bonds is 1. The summed E-state index contributed by atoms with van der Waals surface area (Å²) < 4.78 is 23.6. The third-order valence-electron chi connectivity index (χ3n) is 3.73. The first kappa shape index (κ1) is 13.0. The van der Waals surface area contributed by atoms with Gasteiger partial charge >= 0.3 is 0 Å². The Hall–Kier alpha value is -1.01. The average Bonchev–Trinajstić information content (AvgIpc) is 2.82. The minimum absolute atomic E-state index is 0.0106. The molecule has 0 saturated carbocycles. The van der Waals surface area contributed by atoms with E-state index >= 15 is 0 Å². The first-order valence-electron chi connectivity index (χ1n) is 6.17. The van der Waals surface area contributed by atoms with E-state index in [1.807, 2.05) is 31.2 Å². The summed E-state index contributed by atoms with van der Waals surface area (Å²) in [4.78, 5) is 13.3. The van der Waals surface area contributed by atoms with Crippen LogP contribution in [-0.2, 0) is 14.6 Å². The predicted octanol–water partition coefficient (Wildman–Crippen LogP) is 1.59. The fourth-order valence-corrected chi connectivity index (χ4v) is 6.67. The number of carbonyl (C=O) groups excluding carboxylic acids is 1. The highest BCUT2D eigenvalue weighted by molar-refractivity contribution is 8.03. The quantitative estimate of drug-likeness (QED) is 0.790. The third kappa shape index (κ3) is 2.07. The molecule has 0 N–H and O–H groups in total. The van der Waals surface area contributed by atoms with Crippen molar-refractivity contribution in [3.8, 4) is 0 Å². The molecule has 0 aromatic heterocycles. The lowest BCUT2D eigenvalue weighted by Crippen LogP contribution is -2.45. The third-order valence-corrected chi connectivity index (χ3v) is 7.11. The minimum Gasteiger partial charge on any atom is -0.295 e. The van der Waals surface area contributed by atoms with Crippen LogP contribution in [0.2, 0.25) is 0 Å². The van der Waals surface area contributed by atoms with E-state index in [-0.39, 0.29) is 17.4 Å². The SMILES string of the molecule is Cc1ccccc1N1C(=O)CS[C@]12CCS(=O)(=O)C2. The monoisotopic (exact) mass is 297 g/mol. The Kier molecular flexibility index (Phi) is 2.90. The molecular formula is C13H15NO3S2. The van der Waals surface area contributed by atoms with Crippen molar-refractivity contribution in [2.75, 3.05) is 22.2 Å². The van der Waals surface area contributed by atoms with E-state index in [9.17, 15) is 13.2 Å². The number of carbonyl (C=O) groups is 1. The number of hydrogen-bond donors (Lipinski definition) is 0. The van der Waals surface area contributed by atoms with Crippen molar-refractivity contribution in [3.63, 3.8) is 0 Å². The largest absolute Gasteiger partial charge is 0.295 e. The molecule has 1 aromatic carbocycles. The van der Waals surface area contributed by atoms with E-state index in [0.717, 1.165) is 11.3 Å². The standard InChI is InChI=1S/C13H15NO3S2/c1-10-4-2-3-5-11(10)14-12(15)8-18-13(14)6-7-19(16,17)9-13/h2-5H,6-9H2,1H3/t13-/m0/s1. The number of aryl methyl sites for hydroxylation is 1. The van der Waals surface area contributed by atoms with Gasteiger partial charge in [0.2, 0.25) is 5.91 Å². The van der Waals surface area contributed by atoms with Crippen LogP contribution in [0.15, 0.2) is 24.3 Å². The summed E-state index contributed by atoms with van der Waals surface area (Å²) in [7, 11) is -3.03. The van der Waals surface area contributed by atoms with Gasteiger partial charge in [-0.2, -0.15) is 0 Å². The van der Waals surface area contributed by atoms with Gasteiger partial charge < -0.3 is 0 Å². The van der Waals surface area contributed by atoms with Gasteiger partial charge in [-0.15, -0.1) is 11.8 Å². The van der Waals surface area contributed by atoms with Gasteiger partial charge in [-0.3, -0.25) is 9.69 Å². The van der Waals surface area contributed by atoms with Crippen LogP contribution in [0.5, 0.6) is 0 Å². The first-order chi connectivity index (χ1) is 8.94. The molecule has 2 heterocycles. The normalized spacial score (nSPS) is 29.3. The van der Waals surface area contributed by atoms with E-state index in [1.165, 1.54) is 11.8 Å². The molecule has 1 atom stereocenters. The lowest BCUT2D eigenvalue weighted by molar-refractivity contribution is -0.116. The Labute approximate surface area is 117 Å². The molecule has 0 aliphatic carbocycles. The van der Waals surface area contributed by atoms with E-state index in [1.54, 1.807) is 4.90 Å². The molecule has 102 valence electrons. The maximum absolute atomic E-state index is 12.2. The second-order valence-corrected chi connectivity index (χ2v) is 8.61.